The Balaban J connectivity index is 1.45. The van der Waals surface area contributed by atoms with Gasteiger partial charge < -0.3 is 0 Å². The highest BCUT2D eigenvalue weighted by molar-refractivity contribution is 7.89. The summed E-state index contributed by atoms with van der Waals surface area (Å²) in [4.78, 5) is 1.49. The van der Waals surface area contributed by atoms with Gasteiger partial charge in [-0.2, -0.15) is 17.5 Å². The lowest BCUT2D eigenvalue weighted by molar-refractivity contribution is -0.139. The van der Waals surface area contributed by atoms with Crippen molar-refractivity contribution in [3.63, 3.8) is 0 Å². The van der Waals surface area contributed by atoms with E-state index in [9.17, 15) is 21.6 Å². The molecule has 1 saturated heterocycles. The molecule has 3 atom stereocenters. The molecule has 0 radical (unpaired) electrons. The summed E-state index contributed by atoms with van der Waals surface area (Å²) >= 11 is 6.30. The Labute approximate surface area is 226 Å². The number of benzene rings is 3. The molecule has 0 aliphatic carbocycles. The molecule has 0 saturated carbocycles. The van der Waals surface area contributed by atoms with Crippen molar-refractivity contribution in [2.45, 2.75) is 42.9 Å². The minimum absolute atomic E-state index is 0.0208. The monoisotopic (exact) mass is 560 g/mol. The fourth-order valence-electron chi connectivity index (χ4n) is 5.69. The maximum absolute atomic E-state index is 13.7. The summed E-state index contributed by atoms with van der Waals surface area (Å²) in [5.41, 5.74) is 3.00. The Morgan fingerprint density at radius 1 is 0.921 bits per heavy atom. The van der Waals surface area contributed by atoms with Crippen LogP contribution in [0.15, 0.2) is 83.8 Å². The summed E-state index contributed by atoms with van der Waals surface area (Å²) in [5.74, 6) is 0.0339. The van der Waals surface area contributed by atoms with Crippen LogP contribution in [0.2, 0.25) is 5.02 Å². The predicted octanol–water partition coefficient (Wildman–Crippen LogP) is 6.75. The van der Waals surface area contributed by atoms with Crippen LogP contribution >= 0.6 is 11.6 Å². The van der Waals surface area contributed by atoms with E-state index in [0.717, 1.165) is 34.4 Å². The predicted molar refractivity (Wildman–Crippen MR) is 144 cm³/mol. The molecule has 0 bridgehead atoms. The van der Waals surface area contributed by atoms with Crippen LogP contribution in [0.3, 0.4) is 0 Å². The van der Waals surface area contributed by atoms with Gasteiger partial charge in [0.1, 0.15) is 0 Å². The van der Waals surface area contributed by atoms with E-state index in [2.05, 4.69) is 24.0 Å². The second-order valence-electron chi connectivity index (χ2n) is 9.85. The van der Waals surface area contributed by atoms with E-state index in [1.165, 1.54) is 16.4 Å². The summed E-state index contributed by atoms with van der Waals surface area (Å²) < 4.78 is 69.3. The summed E-state index contributed by atoms with van der Waals surface area (Å²) in [5, 5.41) is 0.700. The van der Waals surface area contributed by atoms with Gasteiger partial charge in [0, 0.05) is 42.7 Å². The molecule has 0 unspecified atom stereocenters. The van der Waals surface area contributed by atoms with Crippen LogP contribution in [0.25, 0.3) is 11.1 Å². The molecule has 3 aromatic rings. The first-order valence-corrected chi connectivity index (χ1v) is 14.2. The number of fused-ring (bicyclic) bond motifs is 1. The van der Waals surface area contributed by atoms with Crippen molar-refractivity contribution in [3.8, 4) is 11.1 Å². The summed E-state index contributed by atoms with van der Waals surface area (Å²) in [6.45, 7) is 4.86. The van der Waals surface area contributed by atoms with Gasteiger partial charge in [-0.3, -0.25) is 4.90 Å². The molecule has 0 spiro atoms. The van der Waals surface area contributed by atoms with Crippen LogP contribution in [0, 0.1) is 6.92 Å². The molecule has 2 heterocycles. The van der Waals surface area contributed by atoms with Gasteiger partial charge in [0.25, 0.3) is 0 Å². The molecule has 3 aromatic carbocycles. The van der Waals surface area contributed by atoms with E-state index in [4.69, 9.17) is 11.6 Å². The van der Waals surface area contributed by atoms with Crippen molar-refractivity contribution in [1.29, 1.82) is 0 Å². The lowest BCUT2D eigenvalue weighted by Crippen LogP contribution is -2.65. The first kappa shape index (κ1) is 26.9. The average molecular weight is 561 g/mol. The second-order valence-corrected chi connectivity index (χ2v) is 12.2. The van der Waals surface area contributed by atoms with Gasteiger partial charge in [0.05, 0.1) is 10.5 Å². The molecule has 38 heavy (non-hydrogen) atoms. The lowest BCUT2D eigenvalue weighted by Gasteiger charge is -2.55. The SMILES string of the molecule is Cc1c(Cl)cccc1-c1ccc([C@@H]2[C@@H](C)N3C/C=C\CN(S(=O)(=O)c4ccccc4C(F)(F)F)C[C@@H]23)cc1. The molecule has 1 fully saturated rings. The number of alkyl halides is 3. The molecule has 0 amide bonds. The van der Waals surface area contributed by atoms with Gasteiger partial charge in [-0.25, -0.2) is 8.42 Å². The van der Waals surface area contributed by atoms with Crippen LogP contribution in [-0.4, -0.2) is 49.3 Å². The van der Waals surface area contributed by atoms with E-state index < -0.39 is 26.7 Å². The molecule has 0 aromatic heterocycles. The maximum atomic E-state index is 13.7. The molecule has 5 rings (SSSR count). The maximum Gasteiger partial charge on any atom is 0.417 e. The highest BCUT2D eigenvalue weighted by Crippen LogP contribution is 2.43. The van der Waals surface area contributed by atoms with E-state index in [-0.39, 0.29) is 31.1 Å². The van der Waals surface area contributed by atoms with Crippen LogP contribution in [0.4, 0.5) is 13.2 Å². The number of rotatable bonds is 4. The smallest absolute Gasteiger partial charge is 0.291 e. The van der Waals surface area contributed by atoms with Gasteiger partial charge in [0.2, 0.25) is 10.0 Å². The van der Waals surface area contributed by atoms with E-state index >= 15 is 0 Å². The first-order valence-electron chi connectivity index (χ1n) is 12.4. The van der Waals surface area contributed by atoms with Crippen LogP contribution < -0.4 is 0 Å². The van der Waals surface area contributed by atoms with Gasteiger partial charge in [-0.05, 0) is 54.3 Å². The molecule has 200 valence electrons. The lowest BCUT2D eigenvalue weighted by atomic mass is 9.75. The molecule has 0 N–H and O–H groups in total. The van der Waals surface area contributed by atoms with Gasteiger partial charge >= 0.3 is 6.18 Å². The zero-order chi connectivity index (χ0) is 27.2. The first-order chi connectivity index (χ1) is 18.0. The van der Waals surface area contributed by atoms with Crippen molar-refractivity contribution in [2.24, 2.45) is 0 Å². The van der Waals surface area contributed by atoms with Crippen molar-refractivity contribution in [2.75, 3.05) is 19.6 Å². The molecular formula is C29H28ClF3N2O2S. The molecular weight excluding hydrogens is 533 g/mol. The third kappa shape index (κ3) is 4.79. The summed E-state index contributed by atoms with van der Waals surface area (Å²) in [6.07, 6.45) is -1.17. The molecule has 9 heteroatoms. The molecule has 2 aliphatic rings. The fourth-order valence-corrected chi connectivity index (χ4v) is 7.49. The third-order valence-electron chi connectivity index (χ3n) is 7.75. The Morgan fingerprint density at radius 2 is 1.61 bits per heavy atom. The van der Waals surface area contributed by atoms with Gasteiger partial charge in [0.15, 0.2) is 0 Å². The average Bonchev–Trinajstić information content (AvgIpc) is 2.87. The molecule has 2 aliphatic heterocycles. The zero-order valence-corrected chi connectivity index (χ0v) is 22.6. The third-order valence-corrected chi connectivity index (χ3v) is 10.0. The van der Waals surface area contributed by atoms with Crippen molar-refractivity contribution in [1.82, 2.24) is 9.21 Å². The number of sulfonamides is 1. The molecule has 4 nitrogen and oxygen atoms in total. The minimum Gasteiger partial charge on any atom is -0.291 e. The number of halogens is 4. The van der Waals surface area contributed by atoms with Crippen molar-refractivity contribution in [3.05, 3.63) is 101 Å². The Kier molecular flexibility index (Phi) is 7.20. The summed E-state index contributed by atoms with van der Waals surface area (Å²) in [7, 11) is -4.39. The topological polar surface area (TPSA) is 40.6 Å². The number of nitrogens with zero attached hydrogens (tertiary/aromatic N) is 2. The standard InChI is InChI=1S/C29H28ClF3N2O2S/c1-19-23(8-7-10-25(19)30)21-12-14-22(15-13-21)28-20(2)35-17-6-5-16-34(18-26(28)35)38(36,37)27-11-4-3-9-24(27)29(31,32)33/h3-15,20,26,28H,16-18H2,1-2H3/b6-5-/t20-,26+,28+/m1/s1. The minimum atomic E-state index is -4.77. The van der Waals surface area contributed by atoms with E-state index in [1.807, 2.05) is 43.3 Å². The van der Waals surface area contributed by atoms with Gasteiger partial charge in [-0.1, -0.05) is 72.3 Å². The Bertz CT molecular complexity index is 1470. The van der Waals surface area contributed by atoms with Gasteiger partial charge in [-0.15, -0.1) is 0 Å². The largest absolute Gasteiger partial charge is 0.417 e. The highest BCUT2D eigenvalue weighted by atomic mass is 35.5. The van der Waals surface area contributed by atoms with E-state index in [0.29, 0.717) is 11.6 Å². The second kappa shape index (κ2) is 10.2. The van der Waals surface area contributed by atoms with Crippen LogP contribution in [0.5, 0.6) is 0 Å². The fraction of sp³-hybridized carbons (Fsp3) is 0.310. The quantitative estimate of drug-likeness (QED) is 0.331. The highest BCUT2D eigenvalue weighted by Gasteiger charge is 2.48. The number of hydrogen-bond acceptors (Lipinski definition) is 3. The van der Waals surface area contributed by atoms with Crippen LogP contribution in [0.1, 0.15) is 29.5 Å². The van der Waals surface area contributed by atoms with Crippen molar-refractivity contribution < 1.29 is 21.6 Å². The van der Waals surface area contributed by atoms with Crippen molar-refractivity contribution >= 4 is 21.6 Å². The van der Waals surface area contributed by atoms with Crippen LogP contribution in [-0.2, 0) is 16.2 Å². The summed E-state index contributed by atoms with van der Waals surface area (Å²) in [6, 6.07) is 18.4. The number of hydrogen-bond donors (Lipinski definition) is 0. The Morgan fingerprint density at radius 3 is 2.32 bits per heavy atom. The Hall–Kier alpha value is -2.65. The normalized spacial score (nSPS) is 23.7. The van der Waals surface area contributed by atoms with E-state index in [1.54, 1.807) is 6.08 Å². The zero-order valence-electron chi connectivity index (χ0n) is 21.0.